The molecule has 1 aliphatic carbocycles. The van der Waals surface area contributed by atoms with Crippen LogP contribution in [-0.4, -0.2) is 18.8 Å². The fourth-order valence-electron chi connectivity index (χ4n) is 3.42. The highest BCUT2D eigenvalue weighted by molar-refractivity contribution is 9.10. The molecule has 3 atom stereocenters. The Labute approximate surface area is 119 Å². The monoisotopic (exact) mass is 331 g/mol. The van der Waals surface area contributed by atoms with Crippen LogP contribution < -0.4 is 5.32 Å². The Balaban J connectivity index is 1.84. The first-order chi connectivity index (χ1) is 8.91. The predicted molar refractivity (Wildman–Crippen MR) is 73.1 cm³/mol. The first-order valence-electron chi connectivity index (χ1n) is 6.44. The first kappa shape index (κ1) is 13.3. The molecule has 1 saturated heterocycles. The summed E-state index contributed by atoms with van der Waals surface area (Å²) >= 11 is 2.98. The van der Waals surface area contributed by atoms with Crippen LogP contribution >= 0.6 is 15.9 Å². The summed E-state index contributed by atoms with van der Waals surface area (Å²) in [5, 5.41) is 3.16. The minimum Gasteiger partial charge on any atom is -0.379 e. The summed E-state index contributed by atoms with van der Waals surface area (Å²) in [7, 11) is 0. The summed E-state index contributed by atoms with van der Waals surface area (Å²) in [5.41, 5.74) is 0.168. The summed E-state index contributed by atoms with van der Waals surface area (Å²) in [5.74, 6) is -0.507. The molecule has 1 aromatic carbocycles. The lowest BCUT2D eigenvalue weighted by atomic mass is 9.57. The summed E-state index contributed by atoms with van der Waals surface area (Å²) in [6.07, 6.45) is 1.21. The topological polar surface area (TPSA) is 21.3 Å². The van der Waals surface area contributed by atoms with Gasteiger partial charge in [-0.15, -0.1) is 0 Å². The van der Waals surface area contributed by atoms with Crippen molar-refractivity contribution in [2.45, 2.75) is 32.4 Å². The lowest BCUT2D eigenvalue weighted by Crippen LogP contribution is -2.63. The number of benzene rings is 1. The second kappa shape index (κ2) is 4.42. The van der Waals surface area contributed by atoms with Crippen molar-refractivity contribution in [3.8, 4) is 0 Å². The summed E-state index contributed by atoms with van der Waals surface area (Å²) in [6, 6.07) is 2.49. The first-order valence-corrected chi connectivity index (χ1v) is 7.23. The van der Waals surface area contributed by atoms with E-state index in [9.17, 15) is 8.78 Å². The molecule has 5 heteroatoms. The molecular formula is C14H16BrF2NO. The zero-order valence-electron chi connectivity index (χ0n) is 10.8. The Morgan fingerprint density at radius 2 is 2.05 bits per heavy atom. The van der Waals surface area contributed by atoms with Crippen molar-refractivity contribution in [1.29, 1.82) is 0 Å². The van der Waals surface area contributed by atoms with Crippen molar-refractivity contribution in [3.63, 3.8) is 0 Å². The summed E-state index contributed by atoms with van der Waals surface area (Å²) in [4.78, 5) is 0. The van der Waals surface area contributed by atoms with E-state index in [1.807, 2.05) is 0 Å². The average molecular weight is 332 g/mol. The molecule has 0 amide bonds. The minimum absolute atomic E-state index is 0.0584. The van der Waals surface area contributed by atoms with Crippen molar-refractivity contribution >= 4 is 21.6 Å². The fourth-order valence-corrected chi connectivity index (χ4v) is 3.73. The van der Waals surface area contributed by atoms with E-state index in [0.717, 1.165) is 19.1 Å². The Morgan fingerprint density at radius 1 is 1.32 bits per heavy atom. The number of halogens is 3. The molecule has 1 saturated carbocycles. The van der Waals surface area contributed by atoms with Crippen molar-refractivity contribution in [1.82, 2.24) is 0 Å². The molecule has 2 aliphatic rings. The van der Waals surface area contributed by atoms with E-state index in [0.29, 0.717) is 5.92 Å². The molecule has 3 rings (SSSR count). The van der Waals surface area contributed by atoms with Crippen LogP contribution in [0.1, 0.15) is 20.3 Å². The molecule has 0 aromatic heterocycles. The molecule has 19 heavy (non-hydrogen) atoms. The summed E-state index contributed by atoms with van der Waals surface area (Å²) < 4.78 is 33.2. The number of hydrogen-bond acceptors (Lipinski definition) is 2. The van der Waals surface area contributed by atoms with Crippen LogP contribution in [0.3, 0.4) is 0 Å². The molecule has 2 nitrogen and oxygen atoms in total. The van der Waals surface area contributed by atoms with Gasteiger partial charge in [0.2, 0.25) is 0 Å². The lowest BCUT2D eigenvalue weighted by molar-refractivity contribution is -0.0923. The van der Waals surface area contributed by atoms with Gasteiger partial charge in [0.25, 0.3) is 0 Å². The fraction of sp³-hybridized carbons (Fsp3) is 0.571. The van der Waals surface area contributed by atoms with Crippen molar-refractivity contribution in [2.75, 3.05) is 11.9 Å². The van der Waals surface area contributed by atoms with Crippen LogP contribution in [0, 0.1) is 23.0 Å². The molecule has 0 radical (unpaired) electrons. The highest BCUT2D eigenvalue weighted by atomic mass is 79.9. The Kier molecular flexibility index (Phi) is 3.09. The van der Waals surface area contributed by atoms with Gasteiger partial charge in [-0.3, -0.25) is 0 Å². The van der Waals surface area contributed by atoms with Gasteiger partial charge >= 0.3 is 0 Å². The quantitative estimate of drug-likeness (QED) is 0.828. The van der Waals surface area contributed by atoms with Gasteiger partial charge in [-0.2, -0.15) is 0 Å². The predicted octanol–water partition coefficient (Wildman–Crippen LogP) is 3.95. The number of rotatable bonds is 2. The van der Waals surface area contributed by atoms with Crippen molar-refractivity contribution in [2.24, 2.45) is 11.3 Å². The largest absolute Gasteiger partial charge is 0.379 e. The van der Waals surface area contributed by atoms with Gasteiger partial charge in [0.05, 0.1) is 16.3 Å². The molecule has 104 valence electrons. The van der Waals surface area contributed by atoms with Gasteiger partial charge < -0.3 is 10.1 Å². The zero-order chi connectivity index (χ0) is 13.8. The van der Waals surface area contributed by atoms with E-state index < -0.39 is 11.6 Å². The van der Waals surface area contributed by atoms with E-state index in [1.165, 1.54) is 6.07 Å². The number of fused-ring (bicyclic) bond motifs is 1. The number of anilines is 1. The van der Waals surface area contributed by atoms with Crippen LogP contribution in [0.4, 0.5) is 14.5 Å². The molecule has 1 heterocycles. The third kappa shape index (κ3) is 1.98. The van der Waals surface area contributed by atoms with Crippen LogP contribution in [0.2, 0.25) is 0 Å². The zero-order valence-corrected chi connectivity index (χ0v) is 12.4. The molecule has 1 aliphatic heterocycles. The third-order valence-corrected chi connectivity index (χ3v) is 5.03. The van der Waals surface area contributed by atoms with Gasteiger partial charge in [-0.05, 0) is 28.4 Å². The van der Waals surface area contributed by atoms with Crippen molar-refractivity contribution < 1.29 is 13.5 Å². The van der Waals surface area contributed by atoms with Gasteiger partial charge in [-0.25, -0.2) is 8.78 Å². The van der Waals surface area contributed by atoms with E-state index in [-0.39, 0.29) is 27.7 Å². The highest BCUT2D eigenvalue weighted by Gasteiger charge is 2.59. The van der Waals surface area contributed by atoms with E-state index in [2.05, 4.69) is 35.1 Å². The Hall–Kier alpha value is -0.680. The van der Waals surface area contributed by atoms with Gasteiger partial charge in [0.1, 0.15) is 11.6 Å². The standard InChI is InChI=1S/C14H16BrF2NO/c1-14(2)12(7-3-4-19-13(7)14)18-11-6-9(16)8(15)5-10(11)17/h5-7,12-13,18H,3-4H2,1-2H3. The maximum atomic E-state index is 13.9. The number of hydrogen-bond donors (Lipinski definition) is 1. The second-order valence-electron chi connectivity index (χ2n) is 5.93. The SMILES string of the molecule is CC1(C)C(Nc2cc(F)c(Br)cc2F)C2CCOC21. The maximum Gasteiger partial charge on any atom is 0.147 e. The van der Waals surface area contributed by atoms with E-state index in [1.54, 1.807) is 0 Å². The molecule has 3 unspecified atom stereocenters. The smallest absolute Gasteiger partial charge is 0.147 e. The number of ether oxygens (including phenoxy) is 1. The lowest BCUT2D eigenvalue weighted by Gasteiger charge is -2.55. The normalized spacial score (nSPS) is 31.7. The Morgan fingerprint density at radius 3 is 2.79 bits per heavy atom. The highest BCUT2D eigenvalue weighted by Crippen LogP contribution is 2.53. The van der Waals surface area contributed by atoms with Gasteiger partial charge in [0, 0.05) is 30.0 Å². The Bertz CT molecular complexity index is 520. The third-order valence-electron chi connectivity index (χ3n) is 4.42. The number of nitrogens with one attached hydrogen (secondary N) is 1. The maximum absolute atomic E-state index is 13.9. The summed E-state index contributed by atoms with van der Waals surface area (Å²) in [6.45, 7) is 4.96. The van der Waals surface area contributed by atoms with Crippen molar-refractivity contribution in [3.05, 3.63) is 28.2 Å². The van der Waals surface area contributed by atoms with E-state index >= 15 is 0 Å². The van der Waals surface area contributed by atoms with Gasteiger partial charge in [0.15, 0.2) is 0 Å². The second-order valence-corrected chi connectivity index (χ2v) is 6.79. The minimum atomic E-state index is -0.458. The van der Waals surface area contributed by atoms with Crippen LogP contribution in [0.25, 0.3) is 0 Å². The molecule has 0 bridgehead atoms. The van der Waals surface area contributed by atoms with Crippen LogP contribution in [0.5, 0.6) is 0 Å². The molecule has 2 fully saturated rings. The molecular weight excluding hydrogens is 316 g/mol. The van der Waals surface area contributed by atoms with Crippen LogP contribution in [-0.2, 0) is 4.74 Å². The molecule has 0 spiro atoms. The van der Waals surface area contributed by atoms with E-state index in [4.69, 9.17) is 4.74 Å². The van der Waals surface area contributed by atoms with Crippen LogP contribution in [0.15, 0.2) is 16.6 Å². The van der Waals surface area contributed by atoms with Gasteiger partial charge in [-0.1, -0.05) is 13.8 Å². The molecule has 1 aromatic rings. The average Bonchev–Trinajstić information content (AvgIpc) is 2.78. The molecule has 1 N–H and O–H groups in total.